The van der Waals surface area contributed by atoms with Gasteiger partial charge in [0.05, 0.1) is 17.6 Å². The molecule has 3 aromatic carbocycles. The van der Waals surface area contributed by atoms with Gasteiger partial charge < -0.3 is 4.90 Å². The Balaban J connectivity index is 0.965. The zero-order chi connectivity index (χ0) is 28.6. The van der Waals surface area contributed by atoms with Gasteiger partial charge in [0, 0.05) is 23.2 Å². The molecule has 1 spiro atoms. The highest BCUT2D eigenvalue weighted by Gasteiger charge is 2.41. The fraction of sp³-hybridized carbons (Fsp3) is 0.171. The SMILES string of the molecule is C1=CC=C(CCC2Cc3ccccc3-c3ccccc32)C=CC=1c1ccc(N2CC3(C=CC=CC3)c3ccccc32)cn1. The van der Waals surface area contributed by atoms with E-state index in [4.69, 9.17) is 4.98 Å². The van der Waals surface area contributed by atoms with Crippen molar-refractivity contribution >= 4 is 16.9 Å². The highest BCUT2D eigenvalue weighted by molar-refractivity contribution is 5.77. The average molecular weight is 555 g/mol. The van der Waals surface area contributed by atoms with E-state index in [-0.39, 0.29) is 5.41 Å². The van der Waals surface area contributed by atoms with Crippen LogP contribution in [0.3, 0.4) is 0 Å². The molecule has 0 amide bonds. The van der Waals surface area contributed by atoms with Gasteiger partial charge in [0.2, 0.25) is 0 Å². The molecule has 0 bridgehead atoms. The zero-order valence-electron chi connectivity index (χ0n) is 24.3. The molecule has 0 fully saturated rings. The van der Waals surface area contributed by atoms with Gasteiger partial charge in [-0.25, -0.2) is 0 Å². The van der Waals surface area contributed by atoms with Crippen LogP contribution in [0.25, 0.3) is 16.7 Å². The molecule has 2 atom stereocenters. The van der Waals surface area contributed by atoms with Gasteiger partial charge >= 0.3 is 0 Å². The molecule has 43 heavy (non-hydrogen) atoms. The summed E-state index contributed by atoms with van der Waals surface area (Å²) in [5.41, 5.74) is 16.4. The van der Waals surface area contributed by atoms with Crippen molar-refractivity contribution in [2.24, 2.45) is 0 Å². The van der Waals surface area contributed by atoms with E-state index in [0.29, 0.717) is 5.92 Å². The van der Waals surface area contributed by atoms with Gasteiger partial charge in [-0.05, 0) is 95.3 Å². The number of rotatable bonds is 5. The summed E-state index contributed by atoms with van der Waals surface area (Å²) in [5.74, 6) is 0.532. The number of nitrogens with zero attached hydrogens (tertiary/aromatic N) is 2. The number of allylic oxidation sites excluding steroid dienone is 8. The van der Waals surface area contributed by atoms with Gasteiger partial charge in [-0.1, -0.05) is 103 Å². The number of para-hydroxylation sites is 1. The van der Waals surface area contributed by atoms with Crippen LogP contribution in [-0.4, -0.2) is 11.5 Å². The molecule has 1 aliphatic heterocycles. The molecule has 0 radical (unpaired) electrons. The largest absolute Gasteiger partial charge is 0.339 e. The highest BCUT2D eigenvalue weighted by Crippen LogP contribution is 2.48. The molecule has 3 aliphatic carbocycles. The van der Waals surface area contributed by atoms with Crippen molar-refractivity contribution in [3.63, 3.8) is 0 Å². The fourth-order valence-corrected chi connectivity index (χ4v) is 7.39. The number of anilines is 2. The summed E-state index contributed by atoms with van der Waals surface area (Å²) in [6.45, 7) is 0.932. The van der Waals surface area contributed by atoms with E-state index in [1.165, 1.54) is 39.1 Å². The van der Waals surface area contributed by atoms with Gasteiger partial charge in [-0.2, -0.15) is 0 Å². The predicted molar refractivity (Wildman–Crippen MR) is 179 cm³/mol. The topological polar surface area (TPSA) is 16.1 Å². The Bertz CT molecular complexity index is 1890. The van der Waals surface area contributed by atoms with Crippen molar-refractivity contribution < 1.29 is 0 Å². The first-order valence-electron chi connectivity index (χ1n) is 15.5. The Labute approximate surface area is 254 Å². The third-order valence-electron chi connectivity index (χ3n) is 9.61. The third-order valence-corrected chi connectivity index (χ3v) is 9.61. The average Bonchev–Trinajstić information content (AvgIpc) is 3.20. The Hall–Kier alpha value is -4.91. The first kappa shape index (κ1) is 25.8. The van der Waals surface area contributed by atoms with Gasteiger partial charge in [-0.15, -0.1) is 5.73 Å². The monoisotopic (exact) mass is 554 g/mol. The van der Waals surface area contributed by atoms with E-state index < -0.39 is 0 Å². The number of pyridine rings is 1. The molecule has 0 saturated heterocycles. The summed E-state index contributed by atoms with van der Waals surface area (Å²) in [5, 5.41) is 0. The quantitative estimate of drug-likeness (QED) is 0.228. The standard InChI is InChI=1S/C41H34N2/c1-8-25-41(26-9-1)29-43(40-18-7-6-17-38(40)41)34-23-24-39(42-28-34)31-13-10-11-30(19-21-31)20-22-33-27-32-12-2-3-14-35(32)37-16-5-4-15-36(33)37/h1-12,14-19,21,23-25,28,33H,20,22,26-27,29H2. The van der Waals surface area contributed by atoms with Crippen LogP contribution in [0.15, 0.2) is 151 Å². The molecule has 0 N–H and O–H groups in total. The summed E-state index contributed by atoms with van der Waals surface area (Å²) < 4.78 is 0. The maximum Gasteiger partial charge on any atom is 0.0781 e. The van der Waals surface area contributed by atoms with Crippen LogP contribution in [0.1, 0.15) is 47.6 Å². The molecule has 2 unspecified atom stereocenters. The molecule has 1 aromatic heterocycles. The normalized spacial score (nSPS) is 21.2. The van der Waals surface area contributed by atoms with Crippen molar-refractivity contribution in [2.45, 2.75) is 37.0 Å². The predicted octanol–water partition coefficient (Wildman–Crippen LogP) is 9.81. The molecule has 208 valence electrons. The number of hydrogen-bond acceptors (Lipinski definition) is 2. The van der Waals surface area contributed by atoms with Crippen LogP contribution in [0, 0.1) is 0 Å². The smallest absolute Gasteiger partial charge is 0.0781 e. The second-order valence-electron chi connectivity index (χ2n) is 12.1. The minimum Gasteiger partial charge on any atom is -0.339 e. The molecule has 2 nitrogen and oxygen atoms in total. The molecule has 4 aliphatic rings. The van der Waals surface area contributed by atoms with Crippen molar-refractivity contribution in [1.29, 1.82) is 0 Å². The lowest BCUT2D eigenvalue weighted by atomic mass is 9.76. The number of hydrogen-bond donors (Lipinski definition) is 0. The first-order chi connectivity index (χ1) is 21.3. The van der Waals surface area contributed by atoms with Crippen LogP contribution in [0.2, 0.25) is 0 Å². The Morgan fingerprint density at radius 3 is 2.60 bits per heavy atom. The van der Waals surface area contributed by atoms with Gasteiger partial charge in [0.25, 0.3) is 0 Å². The van der Waals surface area contributed by atoms with Crippen LogP contribution in [-0.2, 0) is 11.8 Å². The zero-order valence-corrected chi connectivity index (χ0v) is 24.3. The molecule has 2 heteroatoms. The van der Waals surface area contributed by atoms with Crippen LogP contribution < -0.4 is 4.90 Å². The number of fused-ring (bicyclic) bond motifs is 5. The molecular formula is C41H34N2. The Kier molecular flexibility index (Phi) is 6.43. The lowest BCUT2D eigenvalue weighted by Gasteiger charge is -2.28. The van der Waals surface area contributed by atoms with Crippen molar-refractivity contribution in [2.75, 3.05) is 11.4 Å². The van der Waals surface area contributed by atoms with E-state index in [9.17, 15) is 0 Å². The van der Waals surface area contributed by atoms with Crippen molar-refractivity contribution in [3.8, 4) is 11.1 Å². The maximum atomic E-state index is 4.92. The molecular weight excluding hydrogens is 520 g/mol. The molecule has 2 heterocycles. The molecule has 8 rings (SSSR count). The minimum atomic E-state index is 0.0322. The van der Waals surface area contributed by atoms with Crippen LogP contribution in [0.4, 0.5) is 11.4 Å². The van der Waals surface area contributed by atoms with Crippen LogP contribution >= 0.6 is 0 Å². The molecule has 0 saturated carbocycles. The van der Waals surface area contributed by atoms with E-state index in [2.05, 4.69) is 144 Å². The van der Waals surface area contributed by atoms with Gasteiger partial charge in [0.1, 0.15) is 0 Å². The number of benzene rings is 3. The summed E-state index contributed by atoms with van der Waals surface area (Å²) in [6.07, 6.45) is 24.0. The summed E-state index contributed by atoms with van der Waals surface area (Å²) in [6, 6.07) is 31.0. The minimum absolute atomic E-state index is 0.0322. The van der Waals surface area contributed by atoms with E-state index in [0.717, 1.165) is 49.2 Å². The maximum absolute atomic E-state index is 4.92. The lowest BCUT2D eigenvalue weighted by molar-refractivity contribution is 0.579. The van der Waals surface area contributed by atoms with Crippen LogP contribution in [0.5, 0.6) is 0 Å². The van der Waals surface area contributed by atoms with Gasteiger partial charge in [0.15, 0.2) is 0 Å². The molecule has 4 aromatic rings. The van der Waals surface area contributed by atoms with Gasteiger partial charge in [-0.3, -0.25) is 4.98 Å². The summed E-state index contributed by atoms with van der Waals surface area (Å²) in [4.78, 5) is 7.34. The van der Waals surface area contributed by atoms with E-state index in [1.807, 2.05) is 6.20 Å². The Morgan fingerprint density at radius 1 is 0.860 bits per heavy atom. The van der Waals surface area contributed by atoms with Crippen molar-refractivity contribution in [3.05, 3.63) is 173 Å². The third kappa shape index (κ3) is 4.65. The fourth-order valence-electron chi connectivity index (χ4n) is 7.39. The van der Waals surface area contributed by atoms with E-state index >= 15 is 0 Å². The Morgan fingerprint density at radius 2 is 1.72 bits per heavy atom. The second-order valence-corrected chi connectivity index (χ2v) is 12.1. The van der Waals surface area contributed by atoms with E-state index in [1.54, 1.807) is 0 Å². The highest BCUT2D eigenvalue weighted by atomic mass is 15.2. The second kappa shape index (κ2) is 10.7. The number of aromatic nitrogens is 1. The summed E-state index contributed by atoms with van der Waals surface area (Å²) in [7, 11) is 0. The first-order valence-corrected chi connectivity index (χ1v) is 15.5. The lowest BCUT2D eigenvalue weighted by Crippen LogP contribution is -2.30. The summed E-state index contributed by atoms with van der Waals surface area (Å²) >= 11 is 0. The van der Waals surface area contributed by atoms with Crippen molar-refractivity contribution in [1.82, 2.24) is 4.98 Å².